The highest BCUT2D eigenvalue weighted by Crippen LogP contribution is 2.26. The van der Waals surface area contributed by atoms with E-state index in [0.29, 0.717) is 24.5 Å². The van der Waals surface area contributed by atoms with Gasteiger partial charge in [0.05, 0.1) is 18.9 Å². The Kier molecular flexibility index (Phi) is 7.23. The fraction of sp³-hybridized carbons (Fsp3) is 0.400. The van der Waals surface area contributed by atoms with E-state index in [0.717, 1.165) is 24.5 Å². The Labute approximate surface area is 196 Å². The van der Waals surface area contributed by atoms with Gasteiger partial charge in [0.1, 0.15) is 22.3 Å². The molecule has 2 aromatic heterocycles. The Morgan fingerprint density at radius 1 is 1.15 bits per heavy atom. The van der Waals surface area contributed by atoms with Gasteiger partial charge in [0.2, 0.25) is 0 Å². The van der Waals surface area contributed by atoms with Gasteiger partial charge in [-0.05, 0) is 42.2 Å². The summed E-state index contributed by atoms with van der Waals surface area (Å²) in [5, 5.41) is 3.65. The molecule has 0 radical (unpaired) electrons. The predicted molar refractivity (Wildman–Crippen MR) is 129 cm³/mol. The largest absolute Gasteiger partial charge is 0.378 e. The summed E-state index contributed by atoms with van der Waals surface area (Å²) in [4.78, 5) is 38.9. The van der Waals surface area contributed by atoms with Crippen LogP contribution in [0.4, 0.5) is 4.39 Å². The number of ether oxygens (including phenoxy) is 1. The molecule has 1 fully saturated rings. The number of rotatable bonds is 6. The van der Waals surface area contributed by atoms with Crippen LogP contribution in [0.25, 0.3) is 12.2 Å². The van der Waals surface area contributed by atoms with Gasteiger partial charge in [-0.2, -0.15) is 0 Å². The third-order valence-electron chi connectivity index (χ3n) is 6.01. The average Bonchev–Trinajstić information content (AvgIpc) is 3.22. The summed E-state index contributed by atoms with van der Waals surface area (Å²) >= 11 is 0. The summed E-state index contributed by atoms with van der Waals surface area (Å²) in [5.41, 5.74) is 1.04. The van der Waals surface area contributed by atoms with Crippen molar-refractivity contribution in [2.75, 3.05) is 19.8 Å². The van der Waals surface area contributed by atoms with Crippen LogP contribution < -0.4 is 27.1 Å². The molecule has 1 aliphatic heterocycles. The lowest BCUT2D eigenvalue weighted by Crippen LogP contribution is -2.46. The number of aromatic nitrogens is 4. The number of hydrogen-bond donors (Lipinski definition) is 4. The highest BCUT2D eigenvalue weighted by atomic mass is 19.1. The molecule has 34 heavy (non-hydrogen) atoms. The summed E-state index contributed by atoms with van der Waals surface area (Å²) in [7, 11) is 0. The van der Waals surface area contributed by atoms with E-state index in [1.54, 1.807) is 12.1 Å². The zero-order valence-corrected chi connectivity index (χ0v) is 19.6. The summed E-state index contributed by atoms with van der Waals surface area (Å²) in [6, 6.07) is 5.94. The standard InChI is InChI=1S/C25H30FN5O3/c1-4-17(21-13-34-9-8-27-21)23-28-18(22(31-23)14(2)3)12-20-25(33)29-19(24(32)30-20)11-15-6-5-7-16(26)10-15/h5-7,10-12,14,17,21,27H,4,8-9,13H2,1-3H3,(H,28,31)(H,29,33)(H,30,32). The molecule has 0 saturated carbocycles. The van der Waals surface area contributed by atoms with Gasteiger partial charge in [-0.1, -0.05) is 32.9 Å². The molecule has 3 heterocycles. The van der Waals surface area contributed by atoms with E-state index in [4.69, 9.17) is 9.72 Å². The van der Waals surface area contributed by atoms with Crippen LogP contribution in [-0.2, 0) is 4.74 Å². The second-order valence-electron chi connectivity index (χ2n) is 8.81. The monoisotopic (exact) mass is 467 g/mol. The van der Waals surface area contributed by atoms with Crippen LogP contribution in [0.3, 0.4) is 0 Å². The highest BCUT2D eigenvalue weighted by molar-refractivity contribution is 5.49. The first kappa shape index (κ1) is 23.8. The number of benzene rings is 1. The van der Waals surface area contributed by atoms with E-state index in [1.807, 2.05) is 13.8 Å². The van der Waals surface area contributed by atoms with Crippen molar-refractivity contribution in [2.45, 2.75) is 45.1 Å². The smallest absolute Gasteiger partial charge is 0.272 e. The molecule has 0 spiro atoms. The van der Waals surface area contributed by atoms with Crippen LogP contribution in [0.15, 0.2) is 33.9 Å². The van der Waals surface area contributed by atoms with Crippen molar-refractivity contribution in [2.24, 2.45) is 0 Å². The van der Waals surface area contributed by atoms with Crippen molar-refractivity contribution in [1.29, 1.82) is 0 Å². The zero-order chi connectivity index (χ0) is 24.2. The lowest BCUT2D eigenvalue weighted by molar-refractivity contribution is 0.0664. The van der Waals surface area contributed by atoms with Gasteiger partial charge in [-0.15, -0.1) is 0 Å². The summed E-state index contributed by atoms with van der Waals surface area (Å²) in [6.45, 7) is 8.31. The maximum Gasteiger partial charge on any atom is 0.272 e. The molecule has 4 N–H and O–H groups in total. The average molecular weight is 468 g/mol. The Hall–Kier alpha value is -3.30. The van der Waals surface area contributed by atoms with E-state index < -0.39 is 16.9 Å². The van der Waals surface area contributed by atoms with Gasteiger partial charge < -0.3 is 25.0 Å². The molecule has 3 aromatic rings. The number of H-pyrrole nitrogens is 3. The second-order valence-corrected chi connectivity index (χ2v) is 8.81. The number of hydrogen-bond acceptors (Lipinski definition) is 5. The molecular weight excluding hydrogens is 437 g/mol. The molecule has 1 aliphatic rings. The molecule has 1 saturated heterocycles. The molecular formula is C25H30FN5O3. The third kappa shape index (κ3) is 5.26. The molecule has 2 unspecified atom stereocenters. The van der Waals surface area contributed by atoms with Crippen molar-refractivity contribution in [3.63, 3.8) is 0 Å². The van der Waals surface area contributed by atoms with Crippen LogP contribution in [0.5, 0.6) is 0 Å². The zero-order valence-electron chi connectivity index (χ0n) is 19.6. The van der Waals surface area contributed by atoms with Crippen molar-refractivity contribution in [3.05, 3.63) is 84.3 Å². The SMILES string of the molecule is CCC(c1nc(C=c2[nH]c(=O)c(=Cc3cccc(F)c3)[nH]c2=O)c(C(C)C)[nH]1)C1COCCN1. The molecule has 0 aliphatic carbocycles. The molecule has 1 aromatic carbocycles. The normalized spacial score (nSPS) is 18.6. The van der Waals surface area contributed by atoms with Gasteiger partial charge in [0, 0.05) is 24.2 Å². The summed E-state index contributed by atoms with van der Waals surface area (Å²) in [5.74, 6) is 0.663. The molecule has 8 nitrogen and oxygen atoms in total. The van der Waals surface area contributed by atoms with E-state index in [1.165, 1.54) is 24.3 Å². The van der Waals surface area contributed by atoms with Crippen LogP contribution in [0, 0.1) is 5.82 Å². The lowest BCUT2D eigenvalue weighted by Gasteiger charge is -2.29. The van der Waals surface area contributed by atoms with E-state index in [-0.39, 0.29) is 28.6 Å². The van der Waals surface area contributed by atoms with E-state index >= 15 is 0 Å². The fourth-order valence-electron chi connectivity index (χ4n) is 4.25. The number of nitrogens with zero attached hydrogens (tertiary/aromatic N) is 1. The van der Waals surface area contributed by atoms with Gasteiger partial charge >= 0.3 is 0 Å². The third-order valence-corrected chi connectivity index (χ3v) is 6.01. The number of nitrogens with one attached hydrogen (secondary N) is 4. The number of halogens is 1. The first-order chi connectivity index (χ1) is 16.4. The summed E-state index contributed by atoms with van der Waals surface area (Å²) < 4.78 is 19.1. The first-order valence-corrected chi connectivity index (χ1v) is 11.6. The molecule has 2 atom stereocenters. The Balaban J connectivity index is 1.75. The van der Waals surface area contributed by atoms with Crippen LogP contribution in [0.1, 0.15) is 61.8 Å². The minimum absolute atomic E-state index is 0.0500. The Bertz CT molecular complexity index is 1380. The number of imidazole rings is 1. The van der Waals surface area contributed by atoms with Gasteiger partial charge in [-0.25, -0.2) is 9.37 Å². The number of aromatic amines is 3. The van der Waals surface area contributed by atoms with Crippen molar-refractivity contribution in [3.8, 4) is 0 Å². The maximum absolute atomic E-state index is 13.5. The fourth-order valence-corrected chi connectivity index (χ4v) is 4.25. The highest BCUT2D eigenvalue weighted by Gasteiger charge is 2.27. The van der Waals surface area contributed by atoms with Gasteiger partial charge in [0.15, 0.2) is 0 Å². The second kappa shape index (κ2) is 10.3. The van der Waals surface area contributed by atoms with Crippen molar-refractivity contribution < 1.29 is 9.13 Å². The number of morpholine rings is 1. The van der Waals surface area contributed by atoms with Crippen molar-refractivity contribution >= 4 is 12.2 Å². The molecule has 9 heteroatoms. The Morgan fingerprint density at radius 2 is 1.88 bits per heavy atom. The minimum atomic E-state index is -0.480. The van der Waals surface area contributed by atoms with E-state index in [9.17, 15) is 14.0 Å². The molecule has 0 bridgehead atoms. The van der Waals surface area contributed by atoms with E-state index in [2.05, 4.69) is 27.2 Å². The predicted octanol–water partition coefficient (Wildman–Crippen LogP) is 1.19. The van der Waals surface area contributed by atoms with Gasteiger partial charge in [-0.3, -0.25) is 9.59 Å². The minimum Gasteiger partial charge on any atom is -0.378 e. The van der Waals surface area contributed by atoms with Gasteiger partial charge in [0.25, 0.3) is 11.1 Å². The molecule has 4 rings (SSSR count). The summed E-state index contributed by atoms with van der Waals surface area (Å²) in [6.07, 6.45) is 3.90. The maximum atomic E-state index is 13.5. The lowest BCUT2D eigenvalue weighted by atomic mass is 9.96. The van der Waals surface area contributed by atoms with Crippen LogP contribution in [-0.4, -0.2) is 45.7 Å². The molecule has 180 valence electrons. The van der Waals surface area contributed by atoms with Crippen molar-refractivity contribution in [1.82, 2.24) is 25.3 Å². The topological polar surface area (TPSA) is 116 Å². The quantitative estimate of drug-likeness (QED) is 0.435. The molecule has 0 amide bonds. The van der Waals surface area contributed by atoms with Crippen LogP contribution in [0.2, 0.25) is 0 Å². The Morgan fingerprint density at radius 3 is 2.50 bits per heavy atom. The van der Waals surface area contributed by atoms with Crippen LogP contribution >= 0.6 is 0 Å². The first-order valence-electron chi connectivity index (χ1n) is 11.6.